The Bertz CT molecular complexity index is 783. The highest BCUT2D eigenvalue weighted by Crippen LogP contribution is 2.69. The Labute approximate surface area is 197 Å². The van der Waals surface area contributed by atoms with E-state index in [0.29, 0.717) is 22.2 Å². The first-order valence-electron chi connectivity index (χ1n) is 14.0. The quantitative estimate of drug-likeness (QED) is 0.495. The molecule has 0 bridgehead atoms. The van der Waals surface area contributed by atoms with Gasteiger partial charge in [0, 0.05) is 0 Å². The van der Waals surface area contributed by atoms with E-state index in [9.17, 15) is 5.11 Å². The number of hydrogen-bond acceptors (Lipinski definition) is 1. The minimum absolute atomic E-state index is 0.0400. The van der Waals surface area contributed by atoms with Gasteiger partial charge in [-0.05, 0) is 116 Å². The maximum atomic E-state index is 11.3. The van der Waals surface area contributed by atoms with Gasteiger partial charge in [-0.15, -0.1) is 0 Å². The molecule has 0 heterocycles. The topological polar surface area (TPSA) is 20.2 Å². The van der Waals surface area contributed by atoms with Crippen LogP contribution in [-0.2, 0) is 6.42 Å². The molecule has 4 aliphatic carbocycles. The molecule has 0 saturated heterocycles. The van der Waals surface area contributed by atoms with Crippen LogP contribution in [0.15, 0.2) is 30.3 Å². The normalized spacial score (nSPS) is 43.9. The molecule has 1 aromatic rings. The molecule has 4 aliphatic rings. The third-order valence-corrected chi connectivity index (χ3v) is 11.7. The molecule has 32 heavy (non-hydrogen) atoms. The zero-order valence-electron chi connectivity index (χ0n) is 21.3. The van der Waals surface area contributed by atoms with Gasteiger partial charge in [-0.3, -0.25) is 0 Å². The molecule has 178 valence electrons. The van der Waals surface area contributed by atoms with Crippen molar-refractivity contribution in [3.8, 4) is 0 Å². The molecule has 0 aromatic heterocycles. The third-order valence-electron chi connectivity index (χ3n) is 11.7. The fourth-order valence-corrected chi connectivity index (χ4v) is 10.2. The highest BCUT2D eigenvalue weighted by atomic mass is 16.3. The van der Waals surface area contributed by atoms with Crippen molar-refractivity contribution in [1.29, 1.82) is 0 Å². The summed E-state index contributed by atoms with van der Waals surface area (Å²) in [7, 11) is 0. The molecular weight excluding hydrogens is 388 g/mol. The van der Waals surface area contributed by atoms with Crippen LogP contribution >= 0.6 is 0 Å². The van der Waals surface area contributed by atoms with Crippen LogP contribution < -0.4 is 0 Å². The highest BCUT2D eigenvalue weighted by Gasteiger charge is 2.62. The van der Waals surface area contributed by atoms with Crippen molar-refractivity contribution < 1.29 is 5.11 Å². The minimum Gasteiger partial charge on any atom is -0.393 e. The van der Waals surface area contributed by atoms with Crippen LogP contribution in [-0.4, -0.2) is 11.2 Å². The summed E-state index contributed by atoms with van der Waals surface area (Å²) in [5.41, 5.74) is 2.79. The lowest BCUT2D eigenvalue weighted by molar-refractivity contribution is -0.162. The fraction of sp³-hybridized carbons (Fsp3) is 0.806. The van der Waals surface area contributed by atoms with E-state index in [1.807, 2.05) is 0 Å². The summed E-state index contributed by atoms with van der Waals surface area (Å²) in [5, 5.41) is 11.3. The van der Waals surface area contributed by atoms with E-state index in [0.717, 1.165) is 30.1 Å². The van der Waals surface area contributed by atoms with Gasteiger partial charge in [0.05, 0.1) is 6.10 Å². The molecule has 1 aromatic carbocycles. The summed E-state index contributed by atoms with van der Waals surface area (Å²) < 4.78 is 0. The van der Waals surface area contributed by atoms with Gasteiger partial charge in [0.2, 0.25) is 0 Å². The minimum atomic E-state index is -0.0400. The van der Waals surface area contributed by atoms with Crippen molar-refractivity contribution in [3.05, 3.63) is 35.9 Å². The van der Waals surface area contributed by atoms with E-state index >= 15 is 0 Å². The van der Waals surface area contributed by atoms with Gasteiger partial charge in [-0.2, -0.15) is 0 Å². The Morgan fingerprint density at radius 2 is 1.62 bits per heavy atom. The van der Waals surface area contributed by atoms with E-state index in [4.69, 9.17) is 0 Å². The van der Waals surface area contributed by atoms with Crippen molar-refractivity contribution in [1.82, 2.24) is 0 Å². The lowest BCUT2D eigenvalue weighted by atomic mass is 9.43. The van der Waals surface area contributed by atoms with Gasteiger partial charge < -0.3 is 5.11 Å². The average molecular weight is 437 g/mol. The molecule has 4 saturated carbocycles. The zero-order valence-corrected chi connectivity index (χ0v) is 21.3. The Morgan fingerprint density at radius 3 is 2.41 bits per heavy atom. The maximum Gasteiger partial charge on any atom is 0.0576 e. The standard InChI is InChI=1S/C31H48O/c1-29(2,18-10-13-22-11-6-5-7-12-22)28-16-15-24-23-21-27(32)26-14-8-9-19-30(26,3)25(23)17-20-31(24,28)4/h5-7,11-12,23-28,32H,8-10,13-21H2,1-4H3/t23?,24-,25-,26+,27-,28+,30+,31-/m0/s1. The van der Waals surface area contributed by atoms with E-state index < -0.39 is 0 Å². The first-order chi connectivity index (χ1) is 15.3. The highest BCUT2D eigenvalue weighted by molar-refractivity contribution is 5.15. The third kappa shape index (κ3) is 3.70. The lowest BCUT2D eigenvalue weighted by Crippen LogP contribution is -2.57. The van der Waals surface area contributed by atoms with Crippen LogP contribution in [0.3, 0.4) is 0 Å². The number of rotatable bonds is 5. The van der Waals surface area contributed by atoms with Crippen LogP contribution in [0, 0.1) is 45.8 Å². The second-order valence-corrected chi connectivity index (χ2v) is 13.5. The Morgan fingerprint density at radius 1 is 0.875 bits per heavy atom. The second kappa shape index (κ2) is 8.44. The maximum absolute atomic E-state index is 11.3. The predicted molar refractivity (Wildman–Crippen MR) is 134 cm³/mol. The van der Waals surface area contributed by atoms with Gasteiger partial charge in [-0.25, -0.2) is 0 Å². The van der Waals surface area contributed by atoms with Crippen molar-refractivity contribution in [3.63, 3.8) is 0 Å². The Kier molecular flexibility index (Phi) is 6.05. The second-order valence-electron chi connectivity index (χ2n) is 13.5. The monoisotopic (exact) mass is 436 g/mol. The Balaban J connectivity index is 1.31. The summed E-state index contributed by atoms with van der Waals surface area (Å²) in [6.07, 6.45) is 16.0. The molecule has 1 N–H and O–H groups in total. The van der Waals surface area contributed by atoms with E-state index in [1.54, 1.807) is 0 Å². The van der Waals surface area contributed by atoms with Gasteiger partial charge in [0.15, 0.2) is 0 Å². The van der Waals surface area contributed by atoms with E-state index in [1.165, 1.54) is 76.2 Å². The number of hydrogen-bond donors (Lipinski definition) is 1. The number of aliphatic hydroxyl groups is 1. The van der Waals surface area contributed by atoms with Crippen LogP contribution in [0.5, 0.6) is 0 Å². The SMILES string of the molecule is CC(C)(CCCc1ccccc1)[C@H]1CC[C@H]2C3C[C@H](O)[C@H]4CCCC[C@]4(C)[C@H]3CC[C@]12C. The largest absolute Gasteiger partial charge is 0.393 e. The lowest BCUT2D eigenvalue weighted by Gasteiger charge is -2.62. The van der Waals surface area contributed by atoms with Crippen LogP contribution in [0.4, 0.5) is 0 Å². The number of benzene rings is 1. The molecule has 1 nitrogen and oxygen atoms in total. The van der Waals surface area contributed by atoms with Crippen molar-refractivity contribution in [2.45, 2.75) is 111 Å². The average Bonchev–Trinajstić information content (AvgIpc) is 3.13. The number of fused-ring (bicyclic) bond motifs is 5. The van der Waals surface area contributed by atoms with Crippen LogP contribution in [0.25, 0.3) is 0 Å². The summed E-state index contributed by atoms with van der Waals surface area (Å²) in [4.78, 5) is 0. The van der Waals surface area contributed by atoms with Crippen LogP contribution in [0.2, 0.25) is 0 Å². The molecule has 0 aliphatic heterocycles. The van der Waals surface area contributed by atoms with E-state index in [-0.39, 0.29) is 6.10 Å². The summed E-state index contributed by atoms with van der Waals surface area (Å²) in [6, 6.07) is 11.1. The molecule has 5 rings (SSSR count). The molecule has 1 unspecified atom stereocenters. The number of aryl methyl sites for hydroxylation is 1. The van der Waals surface area contributed by atoms with Gasteiger partial charge in [0.25, 0.3) is 0 Å². The molecule has 1 heteroatoms. The molecule has 0 spiro atoms. The summed E-state index contributed by atoms with van der Waals surface area (Å²) in [6.45, 7) is 10.4. The molecule has 0 radical (unpaired) electrons. The summed E-state index contributed by atoms with van der Waals surface area (Å²) >= 11 is 0. The molecule has 0 amide bonds. The van der Waals surface area contributed by atoms with Crippen molar-refractivity contribution >= 4 is 0 Å². The predicted octanol–water partition coefficient (Wildman–Crippen LogP) is 8.06. The molecular formula is C31H48O. The molecule has 8 atom stereocenters. The van der Waals surface area contributed by atoms with Crippen molar-refractivity contribution in [2.24, 2.45) is 45.8 Å². The fourth-order valence-electron chi connectivity index (χ4n) is 10.2. The van der Waals surface area contributed by atoms with Gasteiger partial charge in [0.1, 0.15) is 0 Å². The summed E-state index contributed by atoms with van der Waals surface area (Å²) in [5.74, 6) is 3.90. The number of aliphatic hydroxyl groups excluding tert-OH is 1. The first kappa shape index (κ1) is 22.9. The first-order valence-corrected chi connectivity index (χ1v) is 14.0. The van der Waals surface area contributed by atoms with E-state index in [2.05, 4.69) is 58.0 Å². The molecule has 4 fully saturated rings. The van der Waals surface area contributed by atoms with Crippen molar-refractivity contribution in [2.75, 3.05) is 0 Å². The van der Waals surface area contributed by atoms with Gasteiger partial charge in [-0.1, -0.05) is 70.9 Å². The Hall–Kier alpha value is -0.820. The smallest absolute Gasteiger partial charge is 0.0576 e. The zero-order chi connectivity index (χ0) is 22.6. The van der Waals surface area contributed by atoms with Crippen LogP contribution in [0.1, 0.15) is 104 Å². The van der Waals surface area contributed by atoms with Gasteiger partial charge >= 0.3 is 0 Å².